The van der Waals surface area contributed by atoms with Crippen LogP contribution < -0.4 is 4.34 Å². The molecule has 0 heterocycles. The second-order valence-corrected chi connectivity index (χ2v) is 1.38. The van der Waals surface area contributed by atoms with Gasteiger partial charge < -0.3 is 0 Å². The predicted octanol–water partition coefficient (Wildman–Crippen LogP) is 0.00150. The van der Waals surface area contributed by atoms with Crippen LogP contribution in [-0.4, -0.2) is 11.7 Å². The van der Waals surface area contributed by atoms with Gasteiger partial charge in [-0.05, 0) is 0 Å². The number of rotatable bonds is 1. The van der Waals surface area contributed by atoms with E-state index < -0.39 is 11.7 Å². The Morgan fingerprint density at radius 1 is 1.57 bits per heavy atom. The van der Waals surface area contributed by atoms with Gasteiger partial charge in [-0.2, -0.15) is 0 Å². The smallest absolute Gasteiger partial charge is 0.289 e. The molecule has 40 valence electrons. The number of carbonyl (C=O) groups excluding carboxylic acids is 2. The third-order valence-corrected chi connectivity index (χ3v) is 0.766. The highest BCUT2D eigenvalue weighted by atomic mass is 79.9. The highest BCUT2D eigenvalue weighted by Gasteiger charge is 2.01. The van der Waals surface area contributed by atoms with Gasteiger partial charge in [0.2, 0.25) is 5.78 Å². The van der Waals surface area contributed by atoms with Crippen molar-refractivity contribution >= 4 is 27.8 Å². The number of carbonyl (C=O) groups is 2. The van der Waals surface area contributed by atoms with E-state index in [-0.39, 0.29) is 0 Å². The summed E-state index contributed by atoms with van der Waals surface area (Å²) in [7, 11) is 0. The molecular formula is C3H4BrNO2. The minimum Gasteiger partial charge on any atom is -0.289 e. The Bertz CT molecular complexity index is 101. The van der Waals surface area contributed by atoms with Gasteiger partial charge in [0, 0.05) is 23.1 Å². The monoisotopic (exact) mass is 165 g/mol. The summed E-state index contributed by atoms with van der Waals surface area (Å²) in [5.74, 6) is -1.13. The summed E-state index contributed by atoms with van der Waals surface area (Å²) in [6.45, 7) is 1.19. The summed E-state index contributed by atoms with van der Waals surface area (Å²) < 4.78 is 1.99. The third kappa shape index (κ3) is 2.33. The van der Waals surface area contributed by atoms with Crippen LogP contribution in [0.15, 0.2) is 0 Å². The zero-order chi connectivity index (χ0) is 5.86. The van der Waals surface area contributed by atoms with E-state index in [9.17, 15) is 9.59 Å². The number of amides is 1. The van der Waals surface area contributed by atoms with Crippen LogP contribution in [0.2, 0.25) is 0 Å². The first-order chi connectivity index (χ1) is 3.18. The molecular weight excluding hydrogens is 162 g/mol. The molecule has 1 amide bonds. The Balaban J connectivity index is 3.58. The number of ketones is 1. The highest BCUT2D eigenvalue weighted by Crippen LogP contribution is 1.71. The molecule has 0 spiro atoms. The Hall–Kier alpha value is -0.380. The van der Waals surface area contributed by atoms with Gasteiger partial charge in [-0.15, -0.1) is 0 Å². The Morgan fingerprint density at radius 3 is 2.00 bits per heavy atom. The van der Waals surface area contributed by atoms with E-state index in [1.807, 2.05) is 4.34 Å². The number of Topliss-reactive ketones (excluding diaryl/α,β-unsaturated/α-hetero) is 1. The summed E-state index contributed by atoms with van der Waals surface area (Å²) in [6, 6.07) is 0. The van der Waals surface area contributed by atoms with Crippen molar-refractivity contribution < 1.29 is 9.59 Å². The van der Waals surface area contributed by atoms with E-state index in [1.54, 1.807) is 0 Å². The van der Waals surface area contributed by atoms with Crippen LogP contribution in [-0.2, 0) is 9.59 Å². The summed E-state index contributed by atoms with van der Waals surface area (Å²) in [5.41, 5.74) is 0. The Kier molecular flexibility index (Phi) is 2.59. The van der Waals surface area contributed by atoms with E-state index in [0.717, 1.165) is 0 Å². The van der Waals surface area contributed by atoms with Gasteiger partial charge in [0.05, 0.1) is 0 Å². The number of hydrogen-bond acceptors (Lipinski definition) is 2. The molecule has 1 N–H and O–H groups in total. The van der Waals surface area contributed by atoms with Crippen molar-refractivity contribution in [2.75, 3.05) is 0 Å². The molecule has 3 nitrogen and oxygen atoms in total. The quantitative estimate of drug-likeness (QED) is 0.440. The molecule has 0 saturated carbocycles. The van der Waals surface area contributed by atoms with E-state index in [0.29, 0.717) is 0 Å². The van der Waals surface area contributed by atoms with Crippen molar-refractivity contribution in [3.63, 3.8) is 0 Å². The topological polar surface area (TPSA) is 46.2 Å². The first-order valence-electron chi connectivity index (χ1n) is 1.60. The fourth-order valence-corrected chi connectivity index (χ4v) is 0.346. The van der Waals surface area contributed by atoms with Gasteiger partial charge in [-0.1, -0.05) is 0 Å². The summed E-state index contributed by atoms with van der Waals surface area (Å²) in [5, 5.41) is 0. The van der Waals surface area contributed by atoms with Crippen LogP contribution in [0.5, 0.6) is 0 Å². The minimum absolute atomic E-state index is 0.503. The zero-order valence-corrected chi connectivity index (χ0v) is 5.28. The molecule has 0 aromatic heterocycles. The molecule has 0 aromatic rings. The van der Waals surface area contributed by atoms with Gasteiger partial charge in [-0.25, -0.2) is 0 Å². The van der Waals surface area contributed by atoms with Crippen LogP contribution in [0.25, 0.3) is 0 Å². The molecule has 7 heavy (non-hydrogen) atoms. The fourth-order valence-electron chi connectivity index (χ4n) is 0.0665. The molecule has 0 aromatic carbocycles. The van der Waals surface area contributed by atoms with Gasteiger partial charge >= 0.3 is 0 Å². The van der Waals surface area contributed by atoms with E-state index in [1.165, 1.54) is 6.92 Å². The van der Waals surface area contributed by atoms with Crippen molar-refractivity contribution in [1.82, 2.24) is 4.34 Å². The number of halogens is 1. The molecule has 0 saturated heterocycles. The third-order valence-electron chi connectivity index (χ3n) is 0.406. The molecule has 0 aliphatic carbocycles. The van der Waals surface area contributed by atoms with Crippen LogP contribution >= 0.6 is 16.1 Å². The normalized spacial score (nSPS) is 7.71. The lowest BCUT2D eigenvalue weighted by Crippen LogP contribution is -2.19. The van der Waals surface area contributed by atoms with E-state index in [4.69, 9.17) is 0 Å². The van der Waals surface area contributed by atoms with Crippen LogP contribution in [0, 0.1) is 0 Å². The van der Waals surface area contributed by atoms with Crippen molar-refractivity contribution in [2.24, 2.45) is 0 Å². The first kappa shape index (κ1) is 6.62. The average molecular weight is 166 g/mol. The average Bonchev–Trinajstić information content (AvgIpc) is 1.65. The number of hydrogen-bond donors (Lipinski definition) is 1. The van der Waals surface area contributed by atoms with E-state index >= 15 is 0 Å². The van der Waals surface area contributed by atoms with Gasteiger partial charge in [0.15, 0.2) is 0 Å². The van der Waals surface area contributed by atoms with Crippen LogP contribution in [0.4, 0.5) is 0 Å². The lowest BCUT2D eigenvalue weighted by Gasteiger charge is -1.84. The Labute approximate surface area is 49.4 Å². The lowest BCUT2D eigenvalue weighted by atomic mass is 10.4. The van der Waals surface area contributed by atoms with Gasteiger partial charge in [0.25, 0.3) is 5.91 Å². The maximum absolute atomic E-state index is 10.0. The zero-order valence-electron chi connectivity index (χ0n) is 3.69. The largest absolute Gasteiger partial charge is 0.296 e. The lowest BCUT2D eigenvalue weighted by molar-refractivity contribution is -0.135. The molecule has 0 aliphatic heterocycles. The molecule has 0 fully saturated rings. The fraction of sp³-hybridized carbons (Fsp3) is 0.333. The van der Waals surface area contributed by atoms with Gasteiger partial charge in [-0.3, -0.25) is 13.9 Å². The molecule has 0 radical (unpaired) electrons. The maximum Gasteiger partial charge on any atom is 0.296 e. The van der Waals surface area contributed by atoms with Gasteiger partial charge in [0.1, 0.15) is 0 Å². The maximum atomic E-state index is 10.0. The SMILES string of the molecule is CC(=O)C(=O)NBr. The van der Waals surface area contributed by atoms with Crippen molar-refractivity contribution in [3.8, 4) is 0 Å². The highest BCUT2D eigenvalue weighted by molar-refractivity contribution is 9.08. The minimum atomic E-state index is -0.625. The summed E-state index contributed by atoms with van der Waals surface area (Å²) in [6.07, 6.45) is 0. The second-order valence-electron chi connectivity index (χ2n) is 0.980. The molecule has 0 bridgehead atoms. The molecule has 4 heteroatoms. The molecule has 0 atom stereocenters. The predicted molar refractivity (Wildman–Crippen MR) is 27.8 cm³/mol. The Morgan fingerprint density at radius 2 is 2.00 bits per heavy atom. The van der Waals surface area contributed by atoms with Crippen molar-refractivity contribution in [3.05, 3.63) is 0 Å². The summed E-state index contributed by atoms with van der Waals surface area (Å²) in [4.78, 5) is 19.9. The molecule has 0 rings (SSSR count). The molecule has 0 unspecified atom stereocenters. The molecule has 0 aliphatic rings. The van der Waals surface area contributed by atoms with Crippen molar-refractivity contribution in [1.29, 1.82) is 0 Å². The van der Waals surface area contributed by atoms with Crippen LogP contribution in [0.1, 0.15) is 6.92 Å². The first-order valence-corrected chi connectivity index (χ1v) is 2.39. The standard InChI is InChI=1S/C3H4BrNO2/c1-2(6)3(7)5-4/h1H3,(H,5,7). The van der Waals surface area contributed by atoms with E-state index in [2.05, 4.69) is 16.1 Å². The van der Waals surface area contributed by atoms with Crippen LogP contribution in [0.3, 0.4) is 0 Å². The second kappa shape index (κ2) is 2.74. The van der Waals surface area contributed by atoms with Crippen molar-refractivity contribution in [2.45, 2.75) is 6.92 Å². The summed E-state index contributed by atoms with van der Waals surface area (Å²) >= 11 is 2.59. The number of nitrogens with one attached hydrogen (secondary N) is 1.